The van der Waals surface area contributed by atoms with Gasteiger partial charge in [0.1, 0.15) is 57.7 Å². The molecule has 282 valence electrons. The van der Waals surface area contributed by atoms with Crippen molar-refractivity contribution < 1.29 is 107 Å². The Labute approximate surface area is 271 Å². The predicted molar refractivity (Wildman–Crippen MR) is 146 cm³/mol. The fourth-order valence-corrected chi connectivity index (χ4v) is 4.80. The summed E-state index contributed by atoms with van der Waals surface area (Å²) in [6.07, 6.45) is 0. The maximum atomic E-state index is 10.6. The second-order valence-corrected chi connectivity index (χ2v) is 14.8. The number of carbonyl (C=O) groups excluding carboxylic acids is 4. The molecule has 0 bridgehead atoms. The Hall–Kier alpha value is -2.61. The molecule has 0 rings (SSSR count). The van der Waals surface area contributed by atoms with Crippen LogP contribution in [0.15, 0.2) is 0 Å². The summed E-state index contributed by atoms with van der Waals surface area (Å²) in [5, 5.41) is -1.51. The van der Waals surface area contributed by atoms with Gasteiger partial charge in [-0.3, -0.25) is 18.6 Å². The first-order valence-electron chi connectivity index (χ1n) is 11.8. The quantitative estimate of drug-likeness (QED) is 0.0335. The first-order chi connectivity index (χ1) is 21.0. The highest BCUT2D eigenvalue weighted by Gasteiger charge is 2.14. The Morgan fingerprint density at radius 1 is 0.468 bits per heavy atom. The van der Waals surface area contributed by atoms with E-state index in [4.69, 9.17) is 0 Å². The molecule has 0 aliphatic heterocycles. The lowest BCUT2D eigenvalue weighted by Crippen LogP contribution is -2.22. The molecule has 0 atom stereocenters. The van der Waals surface area contributed by atoms with Gasteiger partial charge in [-0.2, -0.15) is 8.42 Å². The van der Waals surface area contributed by atoms with E-state index in [-0.39, 0.29) is 26.6 Å². The molecule has 0 aromatic rings. The summed E-state index contributed by atoms with van der Waals surface area (Å²) in [4.78, 5) is 41.9. The molecule has 0 radical (unpaired) electrons. The number of carbonyl (C=O) groups is 4. The van der Waals surface area contributed by atoms with Crippen molar-refractivity contribution in [3.05, 3.63) is 0 Å². The third kappa shape index (κ3) is 50.4. The monoisotopic (exact) mass is 792 g/mol. The van der Waals surface area contributed by atoms with Crippen LogP contribution >= 0.6 is 0 Å². The highest BCUT2D eigenvalue weighted by Crippen LogP contribution is 1.96. The van der Waals surface area contributed by atoms with Gasteiger partial charge in [-0.15, -0.1) is 0 Å². The molecule has 24 nitrogen and oxygen atoms in total. The van der Waals surface area contributed by atoms with Gasteiger partial charge in [-0.1, -0.05) is 0 Å². The van der Waals surface area contributed by atoms with E-state index in [9.17, 15) is 79.5 Å². The topological polar surface area (TPSA) is 387 Å². The van der Waals surface area contributed by atoms with E-state index in [1.807, 2.05) is 0 Å². The smallest absolute Gasteiger partial charge is 0.344 e. The van der Waals surface area contributed by atoms with Gasteiger partial charge in [0.05, 0.1) is 19.8 Å². The molecular formula is C18H32O24S5-4. The van der Waals surface area contributed by atoms with E-state index < -0.39 is 103 Å². The zero-order chi connectivity index (χ0) is 38.1. The summed E-state index contributed by atoms with van der Waals surface area (Å²) in [5.74, 6) is -7.69. The summed E-state index contributed by atoms with van der Waals surface area (Å²) in [5.41, 5.74) is 0. The second-order valence-electron chi connectivity index (χ2n) is 7.14. The van der Waals surface area contributed by atoms with Crippen LogP contribution in [0, 0.1) is 0 Å². The van der Waals surface area contributed by atoms with Crippen LogP contribution in [-0.4, -0.2) is 146 Å². The third-order valence-corrected chi connectivity index (χ3v) is 7.61. The van der Waals surface area contributed by atoms with E-state index in [1.165, 1.54) is 13.8 Å². The molecule has 0 aromatic heterocycles. The second kappa shape index (κ2) is 25.4. The van der Waals surface area contributed by atoms with Gasteiger partial charge in [0.2, 0.25) is 0 Å². The SMILES string of the molecule is CCOC(=O)COC(=O)CS(=O)(=O)[O-].CCOC(=O)CS(=O)(=O)[O-].CCOCOC(=O)CS(=O)(=O)[O-].CCOS(=O)(=O)CS(=O)(=O)[O-]. The van der Waals surface area contributed by atoms with E-state index in [1.54, 1.807) is 13.8 Å². The van der Waals surface area contributed by atoms with Crippen molar-refractivity contribution >= 4 is 74.5 Å². The molecule has 0 aliphatic rings. The molecule has 47 heavy (non-hydrogen) atoms. The predicted octanol–water partition coefficient (Wildman–Crippen LogP) is -4.34. The molecule has 0 unspecified atom stereocenters. The Kier molecular flexibility index (Phi) is 27.7. The van der Waals surface area contributed by atoms with Crippen molar-refractivity contribution in [1.82, 2.24) is 0 Å². The Morgan fingerprint density at radius 3 is 1.15 bits per heavy atom. The average molecular weight is 793 g/mol. The molecule has 0 saturated heterocycles. The number of hydrogen-bond donors (Lipinski definition) is 0. The van der Waals surface area contributed by atoms with Crippen molar-refractivity contribution in [3.8, 4) is 0 Å². The number of esters is 4. The zero-order valence-electron chi connectivity index (χ0n) is 24.9. The largest absolute Gasteiger partial charge is 0.748 e. The molecule has 0 aliphatic carbocycles. The minimum atomic E-state index is -4.77. The summed E-state index contributed by atoms with van der Waals surface area (Å²) in [6, 6.07) is 0. The minimum Gasteiger partial charge on any atom is -0.748 e. The van der Waals surface area contributed by atoms with Crippen LogP contribution in [0.2, 0.25) is 0 Å². The Bertz CT molecular complexity index is 1490. The van der Waals surface area contributed by atoms with Crippen LogP contribution in [0.5, 0.6) is 0 Å². The van der Waals surface area contributed by atoms with Crippen LogP contribution < -0.4 is 0 Å². The number of ether oxygens (including phenoxy) is 5. The maximum Gasteiger partial charge on any atom is 0.344 e. The van der Waals surface area contributed by atoms with Gasteiger partial charge in [-0.05, 0) is 27.7 Å². The first-order valence-corrected chi connectivity index (χ1v) is 19.7. The van der Waals surface area contributed by atoms with Crippen molar-refractivity contribution in [1.29, 1.82) is 0 Å². The maximum absolute atomic E-state index is 10.6. The van der Waals surface area contributed by atoms with E-state index >= 15 is 0 Å². The molecule has 0 aromatic carbocycles. The van der Waals surface area contributed by atoms with Gasteiger partial charge >= 0.3 is 23.9 Å². The van der Waals surface area contributed by atoms with Gasteiger partial charge in [0.15, 0.2) is 18.5 Å². The average Bonchev–Trinajstić information content (AvgIpc) is 2.79. The lowest BCUT2D eigenvalue weighted by molar-refractivity contribution is -0.157. The van der Waals surface area contributed by atoms with Gasteiger partial charge < -0.3 is 41.9 Å². The van der Waals surface area contributed by atoms with Crippen molar-refractivity contribution in [3.63, 3.8) is 0 Å². The van der Waals surface area contributed by atoms with E-state index in [0.717, 1.165) is 0 Å². The van der Waals surface area contributed by atoms with Gasteiger partial charge in [0.25, 0.3) is 10.1 Å². The fourth-order valence-electron chi connectivity index (χ4n) is 1.64. The Balaban J connectivity index is -0.000000264. The molecule has 0 spiro atoms. The molecule has 29 heteroatoms. The normalized spacial score (nSPS) is 11.5. The lowest BCUT2D eigenvalue weighted by Gasteiger charge is -2.06. The minimum absolute atomic E-state index is 0.0777. The standard InChI is InChI=1S/C6H10O7S.C5H10O6S.C4H8O5S.C3H8O6S2/c1-2-12-5(7)3-13-6(8)4-14(9,10)11;1-2-10-4-11-5(6)3-12(7,8)9;1-2-9-4(5)3-10(6,7)8;1-2-9-11(7,8)3-10(4,5)6/h2-4H2,1H3,(H,9,10,11);2-4H2,1H3,(H,7,8,9);2-3H2,1H3,(H,6,7,8);2-3H2,1H3,(H,4,5,6)/p-4. The number of hydrogen-bond acceptors (Lipinski definition) is 24. The summed E-state index contributed by atoms with van der Waals surface area (Å²) in [6.45, 7) is 5.47. The molecule has 0 saturated carbocycles. The molecule has 0 N–H and O–H groups in total. The summed E-state index contributed by atoms with van der Waals surface area (Å²) < 4.78 is 166. The highest BCUT2D eigenvalue weighted by molar-refractivity contribution is 8.03. The van der Waals surface area contributed by atoms with Crippen LogP contribution in [0.4, 0.5) is 0 Å². The highest BCUT2D eigenvalue weighted by atomic mass is 32.3. The van der Waals surface area contributed by atoms with Crippen LogP contribution in [0.1, 0.15) is 27.7 Å². The lowest BCUT2D eigenvalue weighted by atomic mass is 10.7. The van der Waals surface area contributed by atoms with Gasteiger partial charge in [-0.25, -0.2) is 38.5 Å². The molecular weight excluding hydrogens is 761 g/mol. The van der Waals surface area contributed by atoms with Crippen LogP contribution in [0.25, 0.3) is 0 Å². The van der Waals surface area contributed by atoms with Crippen molar-refractivity contribution in [2.24, 2.45) is 0 Å². The Morgan fingerprint density at radius 2 is 0.830 bits per heavy atom. The first kappa shape index (κ1) is 51.2. The summed E-state index contributed by atoms with van der Waals surface area (Å²) in [7, 11) is -22.6. The van der Waals surface area contributed by atoms with Crippen LogP contribution in [-0.2, 0) is 97.6 Å². The van der Waals surface area contributed by atoms with Crippen molar-refractivity contribution in [2.45, 2.75) is 27.7 Å². The third-order valence-electron chi connectivity index (χ3n) is 2.94. The van der Waals surface area contributed by atoms with Crippen LogP contribution in [0.3, 0.4) is 0 Å². The van der Waals surface area contributed by atoms with E-state index in [0.29, 0.717) is 6.61 Å². The molecule has 0 fully saturated rings. The van der Waals surface area contributed by atoms with E-state index in [2.05, 4.69) is 27.9 Å². The molecule has 0 amide bonds. The zero-order valence-corrected chi connectivity index (χ0v) is 29.0. The molecule has 0 heterocycles. The number of rotatable bonds is 17. The van der Waals surface area contributed by atoms with Crippen molar-refractivity contribution in [2.75, 3.05) is 62.2 Å². The fraction of sp³-hybridized carbons (Fsp3) is 0.778. The van der Waals surface area contributed by atoms with Gasteiger partial charge in [0, 0.05) is 6.61 Å². The summed E-state index contributed by atoms with van der Waals surface area (Å²) >= 11 is 0.